The fraction of sp³-hybridized carbons (Fsp3) is 0.882. The number of hydrogen-bond acceptors (Lipinski definition) is 4. The minimum Gasteiger partial charge on any atom is -0.353 e. The Morgan fingerprint density at radius 2 is 1.61 bits per heavy atom. The molecule has 0 aromatic heterocycles. The number of likely N-dealkylation sites (tertiary alicyclic amines) is 1. The van der Waals surface area contributed by atoms with E-state index < -0.39 is 6.04 Å². The summed E-state index contributed by atoms with van der Waals surface area (Å²) >= 11 is 0. The first kappa shape index (κ1) is 18.2. The highest BCUT2D eigenvalue weighted by Gasteiger charge is 2.30. The second-order valence-electron chi connectivity index (χ2n) is 7.36. The fourth-order valence-electron chi connectivity index (χ4n) is 3.75. The van der Waals surface area contributed by atoms with Gasteiger partial charge in [-0.15, -0.1) is 0 Å². The monoisotopic (exact) mass is 324 g/mol. The topological polar surface area (TPSA) is 101 Å². The molecule has 1 saturated heterocycles. The summed E-state index contributed by atoms with van der Waals surface area (Å²) in [6, 6.07) is -0.00437. The SMILES string of the molecule is CC(NC(=O)[C@H]1CC[C@H](N)CC1)C1CCN(C(=O)[C@H](C)N)CC1. The Kier molecular flexibility index (Phi) is 6.41. The third kappa shape index (κ3) is 4.91. The van der Waals surface area contributed by atoms with Gasteiger partial charge in [-0.05, 0) is 58.3 Å². The van der Waals surface area contributed by atoms with Crippen LogP contribution in [0.4, 0.5) is 0 Å². The Hall–Kier alpha value is -1.14. The molecule has 6 heteroatoms. The third-order valence-electron chi connectivity index (χ3n) is 5.46. The molecule has 0 spiro atoms. The van der Waals surface area contributed by atoms with Crippen LogP contribution >= 0.6 is 0 Å². The van der Waals surface area contributed by atoms with Gasteiger partial charge in [-0.3, -0.25) is 9.59 Å². The fourth-order valence-corrected chi connectivity index (χ4v) is 3.75. The maximum absolute atomic E-state index is 12.4. The molecule has 2 aliphatic rings. The van der Waals surface area contributed by atoms with Gasteiger partial charge < -0.3 is 21.7 Å². The van der Waals surface area contributed by atoms with E-state index in [2.05, 4.69) is 12.2 Å². The van der Waals surface area contributed by atoms with Crippen molar-refractivity contribution in [3.05, 3.63) is 0 Å². The van der Waals surface area contributed by atoms with E-state index >= 15 is 0 Å². The normalized spacial score (nSPS) is 29.0. The van der Waals surface area contributed by atoms with Crippen LogP contribution in [0.3, 0.4) is 0 Å². The predicted octanol–water partition coefficient (Wildman–Crippen LogP) is 0.594. The van der Waals surface area contributed by atoms with Crippen LogP contribution in [-0.4, -0.2) is 47.9 Å². The van der Waals surface area contributed by atoms with Crippen LogP contribution in [-0.2, 0) is 9.59 Å². The summed E-state index contributed by atoms with van der Waals surface area (Å²) in [7, 11) is 0. The van der Waals surface area contributed by atoms with E-state index in [0.717, 1.165) is 51.6 Å². The van der Waals surface area contributed by atoms with E-state index in [0.29, 0.717) is 5.92 Å². The van der Waals surface area contributed by atoms with Crippen LogP contribution in [0.1, 0.15) is 52.4 Å². The molecule has 132 valence electrons. The van der Waals surface area contributed by atoms with Crippen molar-refractivity contribution in [2.75, 3.05) is 13.1 Å². The van der Waals surface area contributed by atoms with Gasteiger partial charge in [0.2, 0.25) is 11.8 Å². The zero-order valence-corrected chi connectivity index (χ0v) is 14.5. The molecule has 0 aromatic rings. The molecule has 0 bridgehead atoms. The molecule has 6 nitrogen and oxygen atoms in total. The van der Waals surface area contributed by atoms with Crippen LogP contribution in [0.25, 0.3) is 0 Å². The van der Waals surface area contributed by atoms with Gasteiger partial charge in [0.05, 0.1) is 6.04 Å². The molecule has 1 saturated carbocycles. The van der Waals surface area contributed by atoms with Gasteiger partial charge in [-0.2, -0.15) is 0 Å². The minimum atomic E-state index is -0.429. The highest BCUT2D eigenvalue weighted by molar-refractivity contribution is 5.81. The second kappa shape index (κ2) is 8.11. The third-order valence-corrected chi connectivity index (χ3v) is 5.46. The van der Waals surface area contributed by atoms with E-state index in [4.69, 9.17) is 11.5 Å². The Morgan fingerprint density at radius 3 is 2.13 bits per heavy atom. The molecule has 23 heavy (non-hydrogen) atoms. The van der Waals surface area contributed by atoms with Crippen LogP contribution in [0.15, 0.2) is 0 Å². The average molecular weight is 324 g/mol. The zero-order valence-electron chi connectivity index (χ0n) is 14.5. The van der Waals surface area contributed by atoms with E-state index in [1.165, 1.54) is 0 Å². The summed E-state index contributed by atoms with van der Waals surface area (Å²) < 4.78 is 0. The standard InChI is InChI=1S/C17H32N4O2/c1-11(18)17(23)21-9-7-13(8-10-21)12(2)20-16(22)14-3-5-15(19)6-4-14/h11-15H,3-10,18-19H2,1-2H3,(H,20,22)/t11-,12?,14-,15-/m0/s1. The van der Waals surface area contributed by atoms with E-state index in [1.54, 1.807) is 6.92 Å². The Bertz CT molecular complexity index is 411. The Balaban J connectivity index is 1.75. The lowest BCUT2D eigenvalue weighted by molar-refractivity contribution is -0.134. The number of carbonyl (C=O) groups is 2. The van der Waals surface area contributed by atoms with Crippen molar-refractivity contribution in [2.24, 2.45) is 23.3 Å². The molecule has 1 unspecified atom stereocenters. The van der Waals surface area contributed by atoms with Crippen molar-refractivity contribution < 1.29 is 9.59 Å². The van der Waals surface area contributed by atoms with E-state index in [9.17, 15) is 9.59 Å². The molecule has 2 amide bonds. The minimum absolute atomic E-state index is 0.0266. The van der Waals surface area contributed by atoms with Crippen molar-refractivity contribution in [1.29, 1.82) is 0 Å². The number of nitrogens with two attached hydrogens (primary N) is 2. The van der Waals surface area contributed by atoms with Crippen LogP contribution < -0.4 is 16.8 Å². The maximum atomic E-state index is 12.4. The number of rotatable bonds is 4. The highest BCUT2D eigenvalue weighted by Crippen LogP contribution is 2.25. The first-order valence-corrected chi connectivity index (χ1v) is 8.98. The molecule has 1 aliphatic heterocycles. The van der Waals surface area contributed by atoms with Gasteiger partial charge in [-0.25, -0.2) is 0 Å². The van der Waals surface area contributed by atoms with Crippen molar-refractivity contribution >= 4 is 11.8 Å². The van der Waals surface area contributed by atoms with Crippen LogP contribution in [0.5, 0.6) is 0 Å². The molecule has 0 aromatic carbocycles. The van der Waals surface area contributed by atoms with Crippen molar-refractivity contribution in [3.8, 4) is 0 Å². The Labute approximate surface area is 139 Å². The van der Waals surface area contributed by atoms with Gasteiger partial charge in [0, 0.05) is 31.1 Å². The predicted molar refractivity (Wildman–Crippen MR) is 90.5 cm³/mol. The summed E-state index contributed by atoms with van der Waals surface area (Å²) in [6.45, 7) is 5.29. The van der Waals surface area contributed by atoms with Crippen LogP contribution in [0, 0.1) is 11.8 Å². The lowest BCUT2D eigenvalue weighted by atomic mass is 9.85. The second-order valence-corrected chi connectivity index (χ2v) is 7.36. The lowest BCUT2D eigenvalue weighted by Crippen LogP contribution is -2.50. The number of carbonyl (C=O) groups excluding carboxylic acids is 2. The maximum Gasteiger partial charge on any atom is 0.239 e. The largest absolute Gasteiger partial charge is 0.353 e. The molecule has 1 aliphatic carbocycles. The number of hydrogen-bond donors (Lipinski definition) is 3. The number of nitrogens with one attached hydrogen (secondary N) is 1. The smallest absolute Gasteiger partial charge is 0.239 e. The number of piperidine rings is 1. The van der Waals surface area contributed by atoms with Gasteiger partial charge in [0.1, 0.15) is 0 Å². The average Bonchev–Trinajstić information content (AvgIpc) is 2.54. The molecule has 0 radical (unpaired) electrons. The van der Waals surface area contributed by atoms with Gasteiger partial charge in [0.15, 0.2) is 0 Å². The van der Waals surface area contributed by atoms with E-state index in [-0.39, 0.29) is 29.8 Å². The quantitative estimate of drug-likeness (QED) is 0.704. The van der Waals surface area contributed by atoms with Gasteiger partial charge >= 0.3 is 0 Å². The molecule has 1 heterocycles. The summed E-state index contributed by atoms with van der Waals surface area (Å²) in [5.41, 5.74) is 11.6. The first-order chi connectivity index (χ1) is 10.9. The molecule has 2 atom stereocenters. The summed E-state index contributed by atoms with van der Waals surface area (Å²) in [5.74, 6) is 0.760. The number of amides is 2. The molecular formula is C17H32N4O2. The summed E-state index contributed by atoms with van der Waals surface area (Å²) in [4.78, 5) is 26.1. The lowest BCUT2D eigenvalue weighted by Gasteiger charge is -2.36. The Morgan fingerprint density at radius 1 is 1.04 bits per heavy atom. The van der Waals surface area contributed by atoms with Gasteiger partial charge in [0.25, 0.3) is 0 Å². The van der Waals surface area contributed by atoms with Gasteiger partial charge in [-0.1, -0.05) is 0 Å². The highest BCUT2D eigenvalue weighted by atomic mass is 16.2. The summed E-state index contributed by atoms with van der Waals surface area (Å²) in [6.07, 6.45) is 5.56. The summed E-state index contributed by atoms with van der Waals surface area (Å²) in [5, 5.41) is 3.19. The van der Waals surface area contributed by atoms with Crippen molar-refractivity contribution in [2.45, 2.75) is 70.5 Å². The zero-order chi connectivity index (χ0) is 17.0. The molecular weight excluding hydrogens is 292 g/mol. The molecule has 2 fully saturated rings. The van der Waals surface area contributed by atoms with Crippen LogP contribution in [0.2, 0.25) is 0 Å². The van der Waals surface area contributed by atoms with Crippen molar-refractivity contribution in [1.82, 2.24) is 10.2 Å². The molecule has 5 N–H and O–H groups in total. The van der Waals surface area contributed by atoms with Crippen molar-refractivity contribution in [3.63, 3.8) is 0 Å². The first-order valence-electron chi connectivity index (χ1n) is 8.98. The molecule has 2 rings (SSSR count). The number of nitrogens with zero attached hydrogens (tertiary/aromatic N) is 1. The van der Waals surface area contributed by atoms with E-state index in [1.807, 2.05) is 4.90 Å².